The highest BCUT2D eigenvalue weighted by Gasteiger charge is 2.24. The lowest BCUT2D eigenvalue weighted by Crippen LogP contribution is -2.40. The van der Waals surface area contributed by atoms with E-state index in [1.54, 1.807) is 67.3 Å². The number of imidazole rings is 1. The van der Waals surface area contributed by atoms with E-state index in [0.29, 0.717) is 17.0 Å². The van der Waals surface area contributed by atoms with Crippen LogP contribution in [0.5, 0.6) is 0 Å². The molecule has 3 rings (SSSR count). The number of rotatable bonds is 5. The molecule has 0 unspecified atom stereocenters. The molecule has 2 atom stereocenters. The summed E-state index contributed by atoms with van der Waals surface area (Å²) in [7, 11) is 1.76. The first kappa shape index (κ1) is 18.6. The Bertz CT molecular complexity index is 941. The molecule has 0 aliphatic rings. The van der Waals surface area contributed by atoms with Gasteiger partial charge in [0.1, 0.15) is 23.5 Å². The number of urea groups is 1. The van der Waals surface area contributed by atoms with E-state index in [1.807, 2.05) is 0 Å². The van der Waals surface area contributed by atoms with Crippen LogP contribution in [0, 0.1) is 11.6 Å². The molecule has 0 aliphatic heterocycles. The van der Waals surface area contributed by atoms with Crippen molar-refractivity contribution in [2.24, 2.45) is 7.05 Å². The lowest BCUT2D eigenvalue weighted by Gasteiger charge is -2.22. The molecule has 5 nitrogen and oxygen atoms in total. The third-order valence-electron chi connectivity index (χ3n) is 4.33. The standard InChI is InChI=1S/C20H20F2N4O/c1-13(14-7-3-5-9-16(14)21)24-20(27)25-18(19-23-11-12-26(19)2)15-8-4-6-10-17(15)22/h3-13,18H,1-2H3,(H2,24,25,27)/t13-,18-/m1/s1. The van der Waals surface area contributed by atoms with Gasteiger partial charge < -0.3 is 15.2 Å². The van der Waals surface area contributed by atoms with Crippen molar-refractivity contribution in [3.8, 4) is 0 Å². The number of aromatic nitrogens is 2. The Hall–Kier alpha value is -3.22. The second kappa shape index (κ2) is 7.99. The van der Waals surface area contributed by atoms with Crippen LogP contribution in [-0.4, -0.2) is 15.6 Å². The SMILES string of the molecule is C[C@@H](NC(=O)N[C@H](c1ccccc1F)c1nccn1C)c1ccccc1F. The van der Waals surface area contributed by atoms with Gasteiger partial charge in [0.2, 0.25) is 0 Å². The molecule has 0 fully saturated rings. The number of nitrogens with zero attached hydrogens (tertiary/aromatic N) is 2. The zero-order valence-corrected chi connectivity index (χ0v) is 15.0. The van der Waals surface area contributed by atoms with Crippen LogP contribution in [0.4, 0.5) is 13.6 Å². The number of amides is 2. The fourth-order valence-corrected chi connectivity index (χ4v) is 2.92. The lowest BCUT2D eigenvalue weighted by molar-refractivity contribution is 0.234. The van der Waals surface area contributed by atoms with Crippen molar-refractivity contribution >= 4 is 6.03 Å². The van der Waals surface area contributed by atoms with Gasteiger partial charge in [0, 0.05) is 30.6 Å². The predicted molar refractivity (Wildman–Crippen MR) is 97.9 cm³/mol. The number of hydrogen-bond acceptors (Lipinski definition) is 2. The average Bonchev–Trinajstić information content (AvgIpc) is 3.06. The molecule has 0 spiro atoms. The predicted octanol–water partition coefficient (Wildman–Crippen LogP) is 3.85. The van der Waals surface area contributed by atoms with E-state index >= 15 is 0 Å². The molecule has 0 saturated carbocycles. The Balaban J connectivity index is 1.82. The molecule has 2 N–H and O–H groups in total. The average molecular weight is 370 g/mol. The van der Waals surface area contributed by atoms with Gasteiger partial charge in [-0.3, -0.25) is 0 Å². The number of carbonyl (C=O) groups excluding carboxylic acids is 1. The quantitative estimate of drug-likeness (QED) is 0.717. The van der Waals surface area contributed by atoms with E-state index in [9.17, 15) is 13.6 Å². The molecule has 0 bridgehead atoms. The van der Waals surface area contributed by atoms with Crippen LogP contribution in [0.1, 0.15) is 36.0 Å². The number of nitrogens with one attached hydrogen (secondary N) is 2. The van der Waals surface area contributed by atoms with E-state index in [1.165, 1.54) is 12.1 Å². The molecular weight excluding hydrogens is 350 g/mol. The van der Waals surface area contributed by atoms with Crippen molar-refractivity contribution in [3.05, 3.63) is 89.5 Å². The highest BCUT2D eigenvalue weighted by atomic mass is 19.1. The Morgan fingerprint density at radius 3 is 2.15 bits per heavy atom. The number of halogens is 2. The molecular formula is C20H20F2N4O. The second-order valence-electron chi connectivity index (χ2n) is 6.21. The highest BCUT2D eigenvalue weighted by molar-refractivity contribution is 5.75. The van der Waals surface area contributed by atoms with E-state index < -0.39 is 29.7 Å². The smallest absolute Gasteiger partial charge is 0.316 e. The summed E-state index contributed by atoms with van der Waals surface area (Å²) in [5.74, 6) is -0.373. The third-order valence-corrected chi connectivity index (χ3v) is 4.33. The van der Waals surface area contributed by atoms with Crippen molar-refractivity contribution in [2.75, 3.05) is 0 Å². The van der Waals surface area contributed by atoms with Crippen molar-refractivity contribution < 1.29 is 13.6 Å². The van der Waals surface area contributed by atoms with Crippen LogP contribution in [0.15, 0.2) is 60.9 Å². The number of carbonyl (C=O) groups is 1. The van der Waals surface area contributed by atoms with Crippen LogP contribution in [0.3, 0.4) is 0 Å². The van der Waals surface area contributed by atoms with E-state index in [-0.39, 0.29) is 0 Å². The first-order valence-electron chi connectivity index (χ1n) is 8.50. The van der Waals surface area contributed by atoms with Crippen LogP contribution in [0.25, 0.3) is 0 Å². The van der Waals surface area contributed by atoms with Gasteiger partial charge in [-0.15, -0.1) is 0 Å². The fraction of sp³-hybridized carbons (Fsp3) is 0.200. The van der Waals surface area contributed by atoms with E-state index in [2.05, 4.69) is 15.6 Å². The van der Waals surface area contributed by atoms with Crippen molar-refractivity contribution in [2.45, 2.75) is 19.0 Å². The Labute approximate surface area is 156 Å². The van der Waals surface area contributed by atoms with Crippen molar-refractivity contribution in [1.29, 1.82) is 0 Å². The minimum absolute atomic E-state index is 0.292. The van der Waals surface area contributed by atoms with Gasteiger partial charge in [0.25, 0.3) is 0 Å². The monoisotopic (exact) mass is 370 g/mol. The van der Waals surface area contributed by atoms with E-state index in [4.69, 9.17) is 0 Å². The molecule has 3 aromatic rings. The van der Waals surface area contributed by atoms with Gasteiger partial charge in [-0.2, -0.15) is 0 Å². The summed E-state index contributed by atoms with van der Waals surface area (Å²) in [5, 5.41) is 5.43. The van der Waals surface area contributed by atoms with Gasteiger partial charge in [-0.25, -0.2) is 18.6 Å². The molecule has 140 valence electrons. The van der Waals surface area contributed by atoms with Crippen LogP contribution < -0.4 is 10.6 Å². The topological polar surface area (TPSA) is 59.0 Å². The molecule has 2 aromatic carbocycles. The highest BCUT2D eigenvalue weighted by Crippen LogP contribution is 2.23. The van der Waals surface area contributed by atoms with Gasteiger partial charge in [-0.05, 0) is 19.1 Å². The van der Waals surface area contributed by atoms with Gasteiger partial charge in [0.15, 0.2) is 0 Å². The number of hydrogen-bond donors (Lipinski definition) is 2. The van der Waals surface area contributed by atoms with Crippen LogP contribution in [-0.2, 0) is 7.05 Å². The maximum Gasteiger partial charge on any atom is 0.316 e. The summed E-state index contributed by atoms with van der Waals surface area (Å²) in [4.78, 5) is 16.8. The summed E-state index contributed by atoms with van der Waals surface area (Å²) in [6.07, 6.45) is 3.29. The van der Waals surface area contributed by atoms with Gasteiger partial charge in [-0.1, -0.05) is 36.4 Å². The van der Waals surface area contributed by atoms with Crippen molar-refractivity contribution in [1.82, 2.24) is 20.2 Å². The second-order valence-corrected chi connectivity index (χ2v) is 6.21. The van der Waals surface area contributed by atoms with Gasteiger partial charge in [0.05, 0.1) is 6.04 Å². The van der Waals surface area contributed by atoms with E-state index in [0.717, 1.165) is 0 Å². The summed E-state index contributed by atoms with van der Waals surface area (Å²) in [6.45, 7) is 1.68. The fourth-order valence-electron chi connectivity index (χ4n) is 2.92. The largest absolute Gasteiger partial charge is 0.336 e. The molecule has 7 heteroatoms. The molecule has 0 radical (unpaired) electrons. The Morgan fingerprint density at radius 2 is 1.59 bits per heavy atom. The molecule has 1 heterocycles. The zero-order chi connectivity index (χ0) is 19.4. The summed E-state index contributed by atoms with van der Waals surface area (Å²) < 4.78 is 30.0. The molecule has 0 aliphatic carbocycles. The molecule has 2 amide bonds. The Morgan fingerprint density at radius 1 is 1.00 bits per heavy atom. The summed E-state index contributed by atoms with van der Waals surface area (Å²) in [6, 6.07) is 10.5. The summed E-state index contributed by atoms with van der Waals surface area (Å²) >= 11 is 0. The normalized spacial score (nSPS) is 13.0. The number of benzene rings is 2. The van der Waals surface area contributed by atoms with Crippen LogP contribution >= 0.6 is 0 Å². The molecule has 0 saturated heterocycles. The van der Waals surface area contributed by atoms with Crippen LogP contribution in [0.2, 0.25) is 0 Å². The third kappa shape index (κ3) is 4.13. The zero-order valence-electron chi connectivity index (χ0n) is 15.0. The Kier molecular flexibility index (Phi) is 5.49. The maximum absolute atomic E-state index is 14.3. The summed E-state index contributed by atoms with van der Waals surface area (Å²) in [5.41, 5.74) is 0.660. The number of aryl methyl sites for hydroxylation is 1. The maximum atomic E-state index is 14.3. The van der Waals surface area contributed by atoms with Gasteiger partial charge >= 0.3 is 6.03 Å². The minimum Gasteiger partial charge on any atom is -0.336 e. The van der Waals surface area contributed by atoms with Crippen molar-refractivity contribution in [3.63, 3.8) is 0 Å². The first-order valence-corrected chi connectivity index (χ1v) is 8.50. The minimum atomic E-state index is -0.793. The first-order chi connectivity index (χ1) is 13.0. The lowest BCUT2D eigenvalue weighted by atomic mass is 10.1. The molecule has 27 heavy (non-hydrogen) atoms. The molecule has 1 aromatic heterocycles.